The van der Waals surface area contributed by atoms with Crippen molar-refractivity contribution in [2.75, 3.05) is 18.4 Å². The Labute approximate surface area is 118 Å². The van der Waals surface area contributed by atoms with E-state index >= 15 is 0 Å². The second-order valence-electron chi connectivity index (χ2n) is 3.80. The van der Waals surface area contributed by atoms with Gasteiger partial charge in [0.1, 0.15) is 0 Å². The SMILES string of the molecule is N#CCCNC(=O)CNc1ccc(Cl)cc1C(F)(F)F. The summed E-state index contributed by atoms with van der Waals surface area (Å²) in [5, 5.41) is 13.0. The molecule has 8 heteroatoms. The van der Waals surface area contributed by atoms with Gasteiger partial charge in [-0.3, -0.25) is 4.79 Å². The lowest BCUT2D eigenvalue weighted by atomic mass is 10.1. The van der Waals surface area contributed by atoms with Crippen LogP contribution in [-0.4, -0.2) is 19.0 Å². The predicted molar refractivity (Wildman–Crippen MR) is 68.2 cm³/mol. The zero-order chi connectivity index (χ0) is 15.2. The third kappa shape index (κ3) is 4.97. The number of hydrogen-bond acceptors (Lipinski definition) is 3. The van der Waals surface area contributed by atoms with Crippen molar-refractivity contribution in [3.63, 3.8) is 0 Å². The monoisotopic (exact) mass is 305 g/mol. The lowest BCUT2D eigenvalue weighted by Crippen LogP contribution is -2.30. The molecule has 0 aromatic heterocycles. The van der Waals surface area contributed by atoms with E-state index in [1.807, 2.05) is 6.07 Å². The van der Waals surface area contributed by atoms with Gasteiger partial charge in [0.15, 0.2) is 0 Å². The zero-order valence-electron chi connectivity index (χ0n) is 10.2. The fraction of sp³-hybridized carbons (Fsp3) is 0.333. The van der Waals surface area contributed by atoms with E-state index in [2.05, 4.69) is 10.6 Å². The molecule has 0 saturated carbocycles. The van der Waals surface area contributed by atoms with Crippen molar-refractivity contribution in [3.8, 4) is 6.07 Å². The number of benzene rings is 1. The number of nitrogens with zero attached hydrogens (tertiary/aromatic N) is 1. The summed E-state index contributed by atoms with van der Waals surface area (Å²) in [6, 6.07) is 5.08. The first-order chi connectivity index (χ1) is 9.34. The number of alkyl halides is 3. The Hall–Kier alpha value is -1.94. The Balaban J connectivity index is 2.69. The molecule has 108 valence electrons. The maximum absolute atomic E-state index is 12.8. The third-order valence-corrected chi connectivity index (χ3v) is 2.52. The third-order valence-electron chi connectivity index (χ3n) is 2.29. The molecule has 0 saturated heterocycles. The minimum absolute atomic E-state index is 0.0404. The minimum atomic E-state index is -4.56. The quantitative estimate of drug-likeness (QED) is 0.822. The number of halogens is 4. The molecule has 0 atom stereocenters. The van der Waals surface area contributed by atoms with Gasteiger partial charge in [0.25, 0.3) is 0 Å². The fourth-order valence-electron chi connectivity index (χ4n) is 1.40. The van der Waals surface area contributed by atoms with Gasteiger partial charge in [0.05, 0.1) is 24.6 Å². The molecule has 0 aliphatic carbocycles. The van der Waals surface area contributed by atoms with Crippen LogP contribution in [0.4, 0.5) is 18.9 Å². The standard InChI is InChI=1S/C12H11ClF3N3O/c13-8-2-3-10(9(6-8)12(14,15)16)19-7-11(20)18-5-1-4-17/h2-3,6,19H,1,5,7H2,(H,18,20). The van der Waals surface area contributed by atoms with Crippen molar-refractivity contribution in [2.45, 2.75) is 12.6 Å². The zero-order valence-corrected chi connectivity index (χ0v) is 11.0. The van der Waals surface area contributed by atoms with Crippen LogP contribution in [0, 0.1) is 11.3 Å². The van der Waals surface area contributed by atoms with Gasteiger partial charge >= 0.3 is 6.18 Å². The molecule has 0 fully saturated rings. The normalized spacial score (nSPS) is 10.8. The Morgan fingerprint density at radius 3 is 2.70 bits per heavy atom. The van der Waals surface area contributed by atoms with Gasteiger partial charge in [0, 0.05) is 17.3 Å². The van der Waals surface area contributed by atoms with Crippen LogP contribution in [0.1, 0.15) is 12.0 Å². The first kappa shape index (κ1) is 16.1. The Morgan fingerprint density at radius 1 is 1.40 bits per heavy atom. The molecule has 2 N–H and O–H groups in total. The summed E-state index contributed by atoms with van der Waals surface area (Å²) in [6.07, 6.45) is -4.43. The van der Waals surface area contributed by atoms with E-state index in [0.717, 1.165) is 12.1 Å². The first-order valence-electron chi connectivity index (χ1n) is 5.59. The van der Waals surface area contributed by atoms with Crippen LogP contribution in [0.25, 0.3) is 0 Å². The minimum Gasteiger partial charge on any atom is -0.376 e. The average Bonchev–Trinajstić information content (AvgIpc) is 2.36. The number of carbonyl (C=O) groups is 1. The Morgan fingerprint density at radius 2 is 2.10 bits per heavy atom. The van der Waals surface area contributed by atoms with Crippen LogP contribution in [0.15, 0.2) is 18.2 Å². The number of amides is 1. The van der Waals surface area contributed by atoms with Crippen LogP contribution in [-0.2, 0) is 11.0 Å². The van der Waals surface area contributed by atoms with Crippen molar-refractivity contribution in [1.29, 1.82) is 5.26 Å². The van der Waals surface area contributed by atoms with E-state index in [-0.39, 0.29) is 30.2 Å². The predicted octanol–water partition coefficient (Wildman–Crippen LogP) is 2.80. The molecule has 1 amide bonds. The van der Waals surface area contributed by atoms with Gasteiger partial charge in [-0.25, -0.2) is 0 Å². The van der Waals surface area contributed by atoms with Gasteiger partial charge in [-0.2, -0.15) is 18.4 Å². The van der Waals surface area contributed by atoms with Crippen LogP contribution >= 0.6 is 11.6 Å². The van der Waals surface area contributed by atoms with E-state index in [1.54, 1.807) is 0 Å². The van der Waals surface area contributed by atoms with Crippen molar-refractivity contribution in [2.24, 2.45) is 0 Å². The summed E-state index contributed by atoms with van der Waals surface area (Å²) in [7, 11) is 0. The average molecular weight is 306 g/mol. The Bertz CT molecular complexity index is 526. The molecule has 0 spiro atoms. The molecule has 4 nitrogen and oxygen atoms in total. The van der Waals surface area contributed by atoms with Crippen molar-refractivity contribution in [3.05, 3.63) is 28.8 Å². The number of nitriles is 1. The summed E-state index contributed by atoms with van der Waals surface area (Å²) in [5.74, 6) is -0.497. The van der Waals surface area contributed by atoms with Crippen LogP contribution < -0.4 is 10.6 Å². The molecule has 0 unspecified atom stereocenters. The maximum atomic E-state index is 12.8. The summed E-state index contributed by atoms with van der Waals surface area (Å²) < 4.78 is 38.3. The molecule has 1 aromatic rings. The van der Waals surface area contributed by atoms with E-state index in [1.165, 1.54) is 6.07 Å². The van der Waals surface area contributed by atoms with Crippen LogP contribution in [0.2, 0.25) is 5.02 Å². The molecule has 1 aromatic carbocycles. The van der Waals surface area contributed by atoms with Gasteiger partial charge in [-0.1, -0.05) is 11.6 Å². The second kappa shape index (κ2) is 7.01. The molecule has 0 radical (unpaired) electrons. The van der Waals surface area contributed by atoms with E-state index in [0.29, 0.717) is 0 Å². The molecule has 1 rings (SSSR count). The van der Waals surface area contributed by atoms with Crippen molar-refractivity contribution < 1.29 is 18.0 Å². The van der Waals surface area contributed by atoms with Crippen LogP contribution in [0.3, 0.4) is 0 Å². The fourth-order valence-corrected chi connectivity index (χ4v) is 1.57. The highest BCUT2D eigenvalue weighted by atomic mass is 35.5. The number of nitrogens with one attached hydrogen (secondary N) is 2. The number of carbonyl (C=O) groups excluding carboxylic acids is 1. The molecule has 0 aliphatic rings. The van der Waals surface area contributed by atoms with Crippen molar-refractivity contribution in [1.82, 2.24) is 5.32 Å². The lowest BCUT2D eigenvalue weighted by Gasteiger charge is -2.14. The van der Waals surface area contributed by atoms with E-state index in [9.17, 15) is 18.0 Å². The number of rotatable bonds is 5. The molecule has 20 heavy (non-hydrogen) atoms. The maximum Gasteiger partial charge on any atom is 0.418 e. The van der Waals surface area contributed by atoms with Crippen LogP contribution in [0.5, 0.6) is 0 Å². The highest BCUT2D eigenvalue weighted by molar-refractivity contribution is 6.30. The first-order valence-corrected chi connectivity index (χ1v) is 5.96. The molecular weight excluding hydrogens is 295 g/mol. The topological polar surface area (TPSA) is 64.9 Å². The molecule has 0 heterocycles. The highest BCUT2D eigenvalue weighted by Gasteiger charge is 2.33. The van der Waals surface area contributed by atoms with E-state index in [4.69, 9.17) is 16.9 Å². The van der Waals surface area contributed by atoms with Gasteiger partial charge < -0.3 is 10.6 Å². The molecule has 0 aliphatic heterocycles. The Kier molecular flexibility index (Phi) is 5.65. The summed E-state index contributed by atoms with van der Waals surface area (Å²) in [4.78, 5) is 11.3. The number of anilines is 1. The van der Waals surface area contributed by atoms with Gasteiger partial charge in [0.2, 0.25) is 5.91 Å². The molecule has 0 bridgehead atoms. The van der Waals surface area contributed by atoms with E-state index < -0.39 is 17.6 Å². The van der Waals surface area contributed by atoms with Gasteiger partial charge in [-0.15, -0.1) is 0 Å². The molecular formula is C12H11ClF3N3O. The van der Waals surface area contributed by atoms with Gasteiger partial charge in [-0.05, 0) is 18.2 Å². The summed E-state index contributed by atoms with van der Waals surface area (Å²) >= 11 is 5.53. The highest BCUT2D eigenvalue weighted by Crippen LogP contribution is 2.36. The lowest BCUT2D eigenvalue weighted by molar-refractivity contribution is -0.137. The largest absolute Gasteiger partial charge is 0.418 e. The smallest absolute Gasteiger partial charge is 0.376 e. The second-order valence-corrected chi connectivity index (χ2v) is 4.24. The summed E-state index contributed by atoms with van der Waals surface area (Å²) in [5.41, 5.74) is -1.16. The van der Waals surface area contributed by atoms with Crippen molar-refractivity contribution >= 4 is 23.2 Å². The summed E-state index contributed by atoms with van der Waals surface area (Å²) in [6.45, 7) is -0.167. The number of hydrogen-bond donors (Lipinski definition) is 2.